The molecule has 1 aromatic heterocycles. The van der Waals surface area contributed by atoms with Gasteiger partial charge in [0.25, 0.3) is 0 Å². The number of esters is 1. The molecule has 180 valence electrons. The Morgan fingerprint density at radius 3 is 2.03 bits per heavy atom. The van der Waals surface area contributed by atoms with Gasteiger partial charge in [-0.05, 0) is 77.8 Å². The van der Waals surface area contributed by atoms with Crippen LogP contribution in [0.15, 0.2) is 61.9 Å². The van der Waals surface area contributed by atoms with E-state index >= 15 is 0 Å². The molecule has 1 saturated carbocycles. The van der Waals surface area contributed by atoms with Gasteiger partial charge in [-0.25, -0.2) is 4.98 Å². The van der Waals surface area contributed by atoms with Crippen molar-refractivity contribution in [2.45, 2.75) is 70.5 Å². The summed E-state index contributed by atoms with van der Waals surface area (Å²) in [6.07, 6.45) is 0.554. The highest BCUT2D eigenvalue weighted by molar-refractivity contribution is 9.10. The van der Waals surface area contributed by atoms with E-state index in [1.807, 2.05) is 90.1 Å². The van der Waals surface area contributed by atoms with Crippen molar-refractivity contribution in [3.8, 4) is 17.2 Å². The minimum atomic E-state index is -0.852. The monoisotopic (exact) mass is 589 g/mol. The van der Waals surface area contributed by atoms with E-state index < -0.39 is 16.6 Å². The summed E-state index contributed by atoms with van der Waals surface area (Å²) in [5, 5.41) is 0. The molecule has 7 heteroatoms. The summed E-state index contributed by atoms with van der Waals surface area (Å²) in [7, 11) is 0. The second-order valence-corrected chi connectivity index (χ2v) is 12.5. The van der Waals surface area contributed by atoms with Crippen LogP contribution in [0, 0.1) is 0 Å². The van der Waals surface area contributed by atoms with E-state index in [1.54, 1.807) is 0 Å². The molecule has 1 aliphatic carbocycles. The normalized spacial score (nSPS) is 20.2. The number of hydrogen-bond acceptors (Lipinski definition) is 5. The van der Waals surface area contributed by atoms with E-state index in [0.29, 0.717) is 24.0 Å². The van der Waals surface area contributed by atoms with Crippen LogP contribution in [-0.4, -0.2) is 22.2 Å². The van der Waals surface area contributed by atoms with Gasteiger partial charge in [-0.15, -0.1) is 0 Å². The summed E-state index contributed by atoms with van der Waals surface area (Å²) in [6, 6.07) is 15.6. The number of ether oxygens (including phenoxy) is 2. The van der Waals surface area contributed by atoms with Crippen LogP contribution in [0.1, 0.15) is 65.3 Å². The lowest BCUT2D eigenvalue weighted by Gasteiger charge is -2.24. The molecular weight excluding hydrogens is 562 g/mol. The van der Waals surface area contributed by atoms with Crippen molar-refractivity contribution in [3.05, 3.63) is 68.9 Å². The van der Waals surface area contributed by atoms with Crippen LogP contribution < -0.4 is 4.74 Å². The minimum absolute atomic E-state index is 0.255. The van der Waals surface area contributed by atoms with Gasteiger partial charge in [0.2, 0.25) is 5.89 Å². The zero-order valence-corrected chi connectivity index (χ0v) is 23.4. The van der Waals surface area contributed by atoms with Crippen molar-refractivity contribution in [1.82, 2.24) is 4.98 Å². The third-order valence-electron chi connectivity index (χ3n) is 5.51. The molecule has 0 bridgehead atoms. The Morgan fingerprint density at radius 2 is 1.50 bits per heavy atom. The summed E-state index contributed by atoms with van der Waals surface area (Å²) in [5.41, 5.74) is 0.457. The van der Waals surface area contributed by atoms with Gasteiger partial charge in [-0.2, -0.15) is 0 Å². The van der Waals surface area contributed by atoms with E-state index in [-0.39, 0.29) is 11.9 Å². The molecule has 1 fully saturated rings. The van der Waals surface area contributed by atoms with Gasteiger partial charge >= 0.3 is 11.9 Å². The molecule has 3 aromatic rings. The Hall–Kier alpha value is -2.12. The largest absolute Gasteiger partial charge is 0.459 e. The molecule has 0 unspecified atom stereocenters. The van der Waals surface area contributed by atoms with Crippen molar-refractivity contribution in [1.29, 1.82) is 0 Å². The molecule has 1 aliphatic rings. The maximum Gasteiger partial charge on any atom is 0.317 e. The fourth-order valence-corrected chi connectivity index (χ4v) is 4.48. The predicted octanol–water partition coefficient (Wildman–Crippen LogP) is 7.81. The first-order valence-corrected chi connectivity index (χ1v) is 12.8. The van der Waals surface area contributed by atoms with Gasteiger partial charge in [-0.1, -0.05) is 56.1 Å². The molecule has 0 N–H and O–H groups in total. The average molecular weight is 591 g/mol. The SMILES string of the molecule is CC(C)(C)OC(=O)[C@]1(c2ccc(Br)cc2)C[C@H]1c1nc(-c2ccc(Br)cc2)c(OC(C)(C)C)o1. The summed E-state index contributed by atoms with van der Waals surface area (Å²) in [5.74, 6) is 0.306. The molecule has 2 atom stereocenters. The lowest BCUT2D eigenvalue weighted by molar-refractivity contribution is -0.158. The Bertz CT molecular complexity index is 1190. The van der Waals surface area contributed by atoms with Gasteiger partial charge in [0.1, 0.15) is 16.6 Å². The van der Waals surface area contributed by atoms with Gasteiger partial charge in [0.15, 0.2) is 5.69 Å². The summed E-state index contributed by atoms with van der Waals surface area (Å²) in [4.78, 5) is 18.3. The topological polar surface area (TPSA) is 61.6 Å². The molecule has 4 rings (SSSR count). The highest BCUT2D eigenvalue weighted by atomic mass is 79.9. The number of nitrogens with zero attached hydrogens (tertiary/aromatic N) is 1. The molecule has 0 amide bonds. The third-order valence-corrected chi connectivity index (χ3v) is 6.57. The van der Waals surface area contributed by atoms with Crippen molar-refractivity contribution in [2.24, 2.45) is 0 Å². The minimum Gasteiger partial charge on any atom is -0.459 e. The first-order chi connectivity index (χ1) is 15.8. The standard InChI is InChI=1S/C27H29Br2NO4/c1-25(2,3)33-23-21(16-7-11-18(28)12-8-16)30-22(32-23)20-15-27(20,24(31)34-26(4,5)6)17-9-13-19(29)14-10-17/h7-14,20H,15H2,1-6H3/t20-,27-/m0/s1. The first-order valence-electron chi connectivity index (χ1n) is 11.2. The number of halogens is 2. The fraction of sp³-hybridized carbons (Fsp3) is 0.407. The molecule has 1 heterocycles. The number of carbonyl (C=O) groups is 1. The molecule has 0 spiro atoms. The molecule has 0 saturated heterocycles. The highest BCUT2D eigenvalue weighted by Crippen LogP contribution is 2.62. The van der Waals surface area contributed by atoms with E-state index in [2.05, 4.69) is 31.9 Å². The van der Waals surface area contributed by atoms with Gasteiger partial charge in [-0.3, -0.25) is 4.79 Å². The van der Waals surface area contributed by atoms with Crippen LogP contribution in [0.5, 0.6) is 5.95 Å². The predicted molar refractivity (Wildman–Crippen MR) is 139 cm³/mol. The Balaban J connectivity index is 1.78. The van der Waals surface area contributed by atoms with Crippen LogP contribution in [0.3, 0.4) is 0 Å². The van der Waals surface area contributed by atoms with E-state index in [0.717, 1.165) is 20.1 Å². The third kappa shape index (κ3) is 5.25. The Morgan fingerprint density at radius 1 is 0.941 bits per heavy atom. The van der Waals surface area contributed by atoms with Crippen LogP contribution in [-0.2, 0) is 14.9 Å². The quantitative estimate of drug-likeness (QED) is 0.284. The van der Waals surface area contributed by atoms with E-state index in [9.17, 15) is 4.79 Å². The first kappa shape index (κ1) is 25.0. The molecule has 0 aliphatic heterocycles. The van der Waals surface area contributed by atoms with E-state index in [1.165, 1.54) is 0 Å². The number of carbonyl (C=O) groups excluding carboxylic acids is 1. The highest BCUT2D eigenvalue weighted by Gasteiger charge is 2.66. The smallest absolute Gasteiger partial charge is 0.317 e. The Kier molecular flexibility index (Phi) is 6.49. The van der Waals surface area contributed by atoms with E-state index in [4.69, 9.17) is 18.9 Å². The number of oxazole rings is 1. The number of aromatic nitrogens is 1. The molecule has 0 radical (unpaired) electrons. The van der Waals surface area contributed by atoms with Gasteiger partial charge in [0, 0.05) is 14.5 Å². The zero-order chi connectivity index (χ0) is 24.9. The molecule has 34 heavy (non-hydrogen) atoms. The number of hydrogen-bond donors (Lipinski definition) is 0. The summed E-state index contributed by atoms with van der Waals surface area (Å²) < 4.78 is 20.1. The number of benzene rings is 2. The zero-order valence-electron chi connectivity index (χ0n) is 20.2. The van der Waals surface area contributed by atoms with Crippen LogP contribution in [0.2, 0.25) is 0 Å². The van der Waals surface area contributed by atoms with Crippen LogP contribution in [0.25, 0.3) is 11.3 Å². The van der Waals surface area contributed by atoms with Crippen molar-refractivity contribution < 1.29 is 18.7 Å². The van der Waals surface area contributed by atoms with Gasteiger partial charge in [0.05, 0.1) is 5.92 Å². The van der Waals surface area contributed by atoms with Crippen molar-refractivity contribution in [2.75, 3.05) is 0 Å². The lowest BCUT2D eigenvalue weighted by atomic mass is 9.93. The van der Waals surface area contributed by atoms with Crippen molar-refractivity contribution >= 4 is 37.8 Å². The van der Waals surface area contributed by atoms with Crippen LogP contribution >= 0.6 is 31.9 Å². The molecular formula is C27H29Br2NO4. The maximum absolute atomic E-state index is 13.5. The second-order valence-electron chi connectivity index (χ2n) is 10.6. The fourth-order valence-electron chi connectivity index (χ4n) is 3.95. The maximum atomic E-state index is 13.5. The number of rotatable bonds is 5. The lowest BCUT2D eigenvalue weighted by Crippen LogP contribution is -2.33. The van der Waals surface area contributed by atoms with Crippen molar-refractivity contribution in [3.63, 3.8) is 0 Å². The van der Waals surface area contributed by atoms with Crippen LogP contribution in [0.4, 0.5) is 0 Å². The Labute approximate surface area is 217 Å². The summed E-state index contributed by atoms with van der Waals surface area (Å²) >= 11 is 6.96. The summed E-state index contributed by atoms with van der Waals surface area (Å²) in [6.45, 7) is 11.5. The molecule has 2 aromatic carbocycles. The van der Waals surface area contributed by atoms with Gasteiger partial charge < -0.3 is 13.9 Å². The molecule has 5 nitrogen and oxygen atoms in total. The average Bonchev–Trinajstić information content (AvgIpc) is 3.35. The second kappa shape index (κ2) is 8.83.